The van der Waals surface area contributed by atoms with Crippen molar-refractivity contribution in [1.82, 2.24) is 0 Å². The summed E-state index contributed by atoms with van der Waals surface area (Å²) < 4.78 is 16.5. The Balaban J connectivity index is 1.86. The van der Waals surface area contributed by atoms with Gasteiger partial charge in [0.1, 0.15) is 5.37 Å². The number of nitrogens with zero attached hydrogens (tertiary/aromatic N) is 1. The number of benzene rings is 3. The number of thioether (sulfide) groups is 1. The standard InChI is InChI=1S/C25H22ClNO4S/c1-29-20-14-17(15-21(30-2)23(20)31-3)25-27(19-12-8-7-11-18(19)26)24(28)22(32-25)13-16-9-5-4-6-10-16/h4-15,25H,1-3H3/b22-13+. The van der Waals surface area contributed by atoms with Crippen LogP contribution in [-0.4, -0.2) is 27.2 Å². The number of ether oxygens (including phenoxy) is 3. The van der Waals surface area contributed by atoms with Crippen molar-refractivity contribution in [3.63, 3.8) is 0 Å². The molecule has 32 heavy (non-hydrogen) atoms. The zero-order chi connectivity index (χ0) is 22.7. The number of hydrogen-bond donors (Lipinski definition) is 0. The van der Waals surface area contributed by atoms with E-state index in [9.17, 15) is 4.79 Å². The van der Waals surface area contributed by atoms with Crippen LogP contribution >= 0.6 is 23.4 Å². The first-order valence-electron chi connectivity index (χ1n) is 9.88. The van der Waals surface area contributed by atoms with Crippen LogP contribution in [0.2, 0.25) is 5.02 Å². The molecular formula is C25H22ClNO4S. The normalized spacial score (nSPS) is 17.0. The lowest BCUT2D eigenvalue weighted by atomic mass is 10.1. The molecule has 1 aliphatic rings. The van der Waals surface area contributed by atoms with E-state index in [-0.39, 0.29) is 11.3 Å². The average Bonchev–Trinajstić information content (AvgIpc) is 3.14. The number of para-hydroxylation sites is 1. The summed E-state index contributed by atoms with van der Waals surface area (Å²) in [5.41, 5.74) is 2.42. The van der Waals surface area contributed by atoms with Gasteiger partial charge in [0, 0.05) is 0 Å². The van der Waals surface area contributed by atoms with Gasteiger partial charge in [0.2, 0.25) is 5.75 Å². The Labute approximate surface area is 196 Å². The lowest BCUT2D eigenvalue weighted by Crippen LogP contribution is -2.27. The van der Waals surface area contributed by atoms with Gasteiger partial charge in [-0.05, 0) is 41.5 Å². The molecule has 4 rings (SSSR count). The molecule has 0 bridgehead atoms. The van der Waals surface area contributed by atoms with E-state index in [1.807, 2.05) is 66.7 Å². The summed E-state index contributed by atoms with van der Waals surface area (Å²) in [4.78, 5) is 15.9. The maximum Gasteiger partial charge on any atom is 0.266 e. The zero-order valence-corrected chi connectivity index (χ0v) is 19.4. The predicted octanol–water partition coefficient (Wildman–Crippen LogP) is 6.19. The second-order valence-electron chi connectivity index (χ2n) is 6.97. The fourth-order valence-electron chi connectivity index (χ4n) is 3.59. The first-order chi connectivity index (χ1) is 15.6. The van der Waals surface area contributed by atoms with Gasteiger partial charge in [0.25, 0.3) is 5.91 Å². The van der Waals surface area contributed by atoms with Crippen molar-refractivity contribution in [2.24, 2.45) is 0 Å². The minimum Gasteiger partial charge on any atom is -0.493 e. The van der Waals surface area contributed by atoms with Crippen LogP contribution < -0.4 is 19.1 Å². The van der Waals surface area contributed by atoms with Crippen LogP contribution in [0.1, 0.15) is 16.5 Å². The molecule has 1 fully saturated rings. The molecule has 1 atom stereocenters. The van der Waals surface area contributed by atoms with Gasteiger partial charge < -0.3 is 14.2 Å². The Hall–Kier alpha value is -3.09. The van der Waals surface area contributed by atoms with Crippen molar-refractivity contribution < 1.29 is 19.0 Å². The second kappa shape index (κ2) is 9.59. The Morgan fingerprint density at radius 3 is 2.12 bits per heavy atom. The molecule has 0 N–H and O–H groups in total. The van der Waals surface area contributed by atoms with E-state index >= 15 is 0 Å². The number of hydrogen-bond acceptors (Lipinski definition) is 5. The van der Waals surface area contributed by atoms with Crippen molar-refractivity contribution >= 4 is 41.0 Å². The highest BCUT2D eigenvalue weighted by molar-refractivity contribution is 8.05. The molecule has 1 aliphatic heterocycles. The summed E-state index contributed by atoms with van der Waals surface area (Å²) in [5.74, 6) is 1.42. The predicted molar refractivity (Wildman–Crippen MR) is 130 cm³/mol. The van der Waals surface area contributed by atoms with E-state index < -0.39 is 0 Å². The monoisotopic (exact) mass is 467 g/mol. The number of anilines is 1. The molecule has 3 aromatic carbocycles. The van der Waals surface area contributed by atoms with Crippen LogP contribution in [0.5, 0.6) is 17.2 Å². The van der Waals surface area contributed by atoms with Gasteiger partial charge in [-0.1, -0.05) is 65.8 Å². The third-order valence-electron chi connectivity index (χ3n) is 5.08. The van der Waals surface area contributed by atoms with Gasteiger partial charge in [0.05, 0.1) is 36.9 Å². The van der Waals surface area contributed by atoms with E-state index in [1.165, 1.54) is 11.8 Å². The summed E-state index contributed by atoms with van der Waals surface area (Å²) in [6, 6.07) is 20.8. The molecule has 1 unspecified atom stereocenters. The number of amides is 1. The summed E-state index contributed by atoms with van der Waals surface area (Å²) in [5, 5.41) is 0.130. The topological polar surface area (TPSA) is 48.0 Å². The van der Waals surface area contributed by atoms with Crippen LogP contribution in [0.25, 0.3) is 6.08 Å². The van der Waals surface area contributed by atoms with Gasteiger partial charge >= 0.3 is 0 Å². The first-order valence-corrected chi connectivity index (χ1v) is 11.1. The third kappa shape index (κ3) is 4.16. The quantitative estimate of drug-likeness (QED) is 0.405. The smallest absolute Gasteiger partial charge is 0.266 e. The highest BCUT2D eigenvalue weighted by atomic mass is 35.5. The average molecular weight is 468 g/mol. The molecule has 0 radical (unpaired) electrons. The summed E-state index contributed by atoms with van der Waals surface area (Å²) in [6.45, 7) is 0. The maximum atomic E-state index is 13.6. The summed E-state index contributed by atoms with van der Waals surface area (Å²) >= 11 is 7.96. The molecule has 0 aromatic heterocycles. The zero-order valence-electron chi connectivity index (χ0n) is 17.9. The number of carbonyl (C=O) groups excluding carboxylic acids is 1. The Morgan fingerprint density at radius 1 is 0.906 bits per heavy atom. The highest BCUT2D eigenvalue weighted by Crippen LogP contribution is 2.52. The third-order valence-corrected chi connectivity index (χ3v) is 6.66. The molecule has 5 nitrogen and oxygen atoms in total. The van der Waals surface area contributed by atoms with E-state index in [2.05, 4.69) is 0 Å². The molecule has 164 valence electrons. The molecule has 0 spiro atoms. The molecular weight excluding hydrogens is 446 g/mol. The van der Waals surface area contributed by atoms with Crippen molar-refractivity contribution in [3.8, 4) is 17.2 Å². The molecule has 1 amide bonds. The second-order valence-corrected chi connectivity index (χ2v) is 8.50. The van der Waals surface area contributed by atoms with Gasteiger partial charge in [-0.2, -0.15) is 0 Å². The SMILES string of the molecule is COc1cc(C2S/C(=C/c3ccccc3)C(=O)N2c2ccccc2Cl)cc(OC)c1OC. The Morgan fingerprint density at radius 2 is 1.53 bits per heavy atom. The van der Waals surface area contributed by atoms with E-state index in [4.69, 9.17) is 25.8 Å². The van der Waals surface area contributed by atoms with Crippen LogP contribution in [-0.2, 0) is 4.79 Å². The summed E-state index contributed by atoms with van der Waals surface area (Å²) in [6.07, 6.45) is 1.90. The number of rotatable bonds is 6. The van der Waals surface area contributed by atoms with Gasteiger partial charge in [-0.15, -0.1) is 0 Å². The van der Waals surface area contributed by atoms with Gasteiger partial charge in [0.15, 0.2) is 11.5 Å². The van der Waals surface area contributed by atoms with Crippen molar-refractivity contribution in [2.75, 3.05) is 26.2 Å². The van der Waals surface area contributed by atoms with Gasteiger partial charge in [-0.25, -0.2) is 0 Å². The lowest BCUT2D eigenvalue weighted by molar-refractivity contribution is -0.114. The molecule has 1 heterocycles. The van der Waals surface area contributed by atoms with E-state index in [0.717, 1.165) is 11.1 Å². The summed E-state index contributed by atoms with van der Waals surface area (Å²) in [7, 11) is 4.70. The fourth-order valence-corrected chi connectivity index (χ4v) is 5.05. The Kier molecular flexibility index (Phi) is 6.63. The highest BCUT2D eigenvalue weighted by Gasteiger charge is 2.40. The molecule has 0 saturated carbocycles. The largest absolute Gasteiger partial charge is 0.493 e. The van der Waals surface area contributed by atoms with Gasteiger partial charge in [-0.3, -0.25) is 9.69 Å². The maximum absolute atomic E-state index is 13.6. The lowest BCUT2D eigenvalue weighted by Gasteiger charge is -2.25. The minimum atomic E-state index is -0.369. The molecule has 1 saturated heterocycles. The minimum absolute atomic E-state index is 0.120. The first kappa shape index (κ1) is 22.1. The Bertz CT molecular complexity index is 1140. The van der Waals surface area contributed by atoms with Crippen molar-refractivity contribution in [2.45, 2.75) is 5.37 Å². The van der Waals surface area contributed by atoms with Crippen molar-refractivity contribution in [1.29, 1.82) is 0 Å². The number of methoxy groups -OCH3 is 3. The fraction of sp³-hybridized carbons (Fsp3) is 0.160. The number of carbonyl (C=O) groups is 1. The van der Waals surface area contributed by atoms with E-state index in [0.29, 0.717) is 32.9 Å². The van der Waals surface area contributed by atoms with Crippen LogP contribution in [0, 0.1) is 0 Å². The van der Waals surface area contributed by atoms with E-state index in [1.54, 1.807) is 32.3 Å². The van der Waals surface area contributed by atoms with Crippen LogP contribution in [0.15, 0.2) is 71.6 Å². The molecule has 3 aromatic rings. The number of halogens is 1. The van der Waals surface area contributed by atoms with Crippen LogP contribution in [0.4, 0.5) is 5.69 Å². The van der Waals surface area contributed by atoms with Crippen molar-refractivity contribution in [3.05, 3.63) is 87.8 Å². The molecule has 7 heteroatoms. The van der Waals surface area contributed by atoms with Crippen LogP contribution in [0.3, 0.4) is 0 Å². The molecule has 0 aliphatic carbocycles.